The Balaban J connectivity index is 3.06. The molecule has 0 heterocycles. The highest BCUT2D eigenvalue weighted by atomic mass is 35.5. The zero-order valence-corrected chi connectivity index (χ0v) is 13.2. The Morgan fingerprint density at radius 3 is 2.45 bits per heavy atom. The van der Waals surface area contributed by atoms with Crippen molar-refractivity contribution < 1.29 is 8.42 Å². The molecule has 3 nitrogen and oxygen atoms in total. The monoisotopic (exact) mass is 311 g/mol. The van der Waals surface area contributed by atoms with Crippen LogP contribution >= 0.6 is 11.6 Å². The maximum atomic E-state index is 12.5. The summed E-state index contributed by atoms with van der Waals surface area (Å²) in [4.78, 5) is 0.278. The van der Waals surface area contributed by atoms with E-state index >= 15 is 0 Å². The van der Waals surface area contributed by atoms with Gasteiger partial charge in [-0.2, -0.15) is 4.31 Å². The normalized spacial score (nSPS) is 11.6. The molecule has 108 valence electrons. The van der Waals surface area contributed by atoms with Crippen LogP contribution in [0.15, 0.2) is 41.3 Å². The van der Waals surface area contributed by atoms with Crippen molar-refractivity contribution >= 4 is 21.6 Å². The van der Waals surface area contributed by atoms with E-state index in [0.29, 0.717) is 6.54 Å². The highest BCUT2D eigenvalue weighted by Crippen LogP contribution is 2.16. The lowest BCUT2D eigenvalue weighted by Crippen LogP contribution is -2.31. The molecule has 0 amide bonds. The first kappa shape index (κ1) is 16.8. The average molecular weight is 312 g/mol. The summed E-state index contributed by atoms with van der Waals surface area (Å²) in [5.74, 6) is 5.63. The minimum absolute atomic E-state index is 0.132. The molecule has 1 aromatic carbocycles. The SMILES string of the molecule is C/C=C/CN(CC#CCCl)S(=O)(=O)c1ccc(C)cc1. The molecule has 0 bridgehead atoms. The quantitative estimate of drug-likeness (QED) is 0.476. The molecule has 0 N–H and O–H groups in total. The number of allylic oxidation sites excluding steroid dienone is 1. The maximum absolute atomic E-state index is 12.5. The summed E-state index contributed by atoms with van der Waals surface area (Å²) < 4.78 is 26.4. The fourth-order valence-electron chi connectivity index (χ4n) is 1.52. The number of hydrogen-bond acceptors (Lipinski definition) is 2. The van der Waals surface area contributed by atoms with Crippen molar-refractivity contribution in [1.29, 1.82) is 0 Å². The Labute approximate surface area is 126 Å². The highest BCUT2D eigenvalue weighted by molar-refractivity contribution is 7.89. The number of sulfonamides is 1. The van der Waals surface area contributed by atoms with Gasteiger partial charge < -0.3 is 0 Å². The Bertz CT molecular complexity index is 610. The first-order valence-corrected chi connectivity index (χ1v) is 8.19. The molecule has 0 atom stereocenters. The lowest BCUT2D eigenvalue weighted by Gasteiger charge is -2.18. The predicted octanol–water partition coefficient (Wildman–Crippen LogP) is 2.80. The smallest absolute Gasteiger partial charge is 0.207 e. The molecule has 0 radical (unpaired) electrons. The van der Waals surface area contributed by atoms with Crippen molar-refractivity contribution in [1.82, 2.24) is 4.31 Å². The second-order valence-electron chi connectivity index (χ2n) is 4.17. The van der Waals surface area contributed by atoms with Gasteiger partial charge in [0.2, 0.25) is 10.0 Å². The van der Waals surface area contributed by atoms with Crippen molar-refractivity contribution in [2.45, 2.75) is 18.7 Å². The van der Waals surface area contributed by atoms with Gasteiger partial charge in [0.1, 0.15) is 0 Å². The van der Waals surface area contributed by atoms with Crippen LogP contribution < -0.4 is 0 Å². The fourth-order valence-corrected chi connectivity index (χ4v) is 2.91. The second kappa shape index (κ2) is 8.11. The zero-order valence-electron chi connectivity index (χ0n) is 11.6. The minimum Gasteiger partial charge on any atom is -0.207 e. The molecular formula is C15H18ClNO2S. The summed E-state index contributed by atoms with van der Waals surface area (Å²) in [5.41, 5.74) is 1.02. The largest absolute Gasteiger partial charge is 0.244 e. The van der Waals surface area contributed by atoms with Gasteiger partial charge in [-0.05, 0) is 26.0 Å². The van der Waals surface area contributed by atoms with Crippen LogP contribution in [0.5, 0.6) is 0 Å². The van der Waals surface area contributed by atoms with Crippen LogP contribution in [-0.4, -0.2) is 31.7 Å². The number of nitrogens with zero attached hydrogens (tertiary/aromatic N) is 1. The van der Waals surface area contributed by atoms with Crippen molar-refractivity contribution in [3.8, 4) is 11.8 Å². The molecule has 1 aromatic rings. The molecule has 0 aliphatic carbocycles. The summed E-state index contributed by atoms with van der Waals surface area (Å²) in [6.07, 6.45) is 3.60. The van der Waals surface area contributed by atoms with E-state index in [1.54, 1.807) is 30.3 Å². The first-order chi connectivity index (χ1) is 9.52. The van der Waals surface area contributed by atoms with Gasteiger partial charge in [0.25, 0.3) is 0 Å². The van der Waals surface area contributed by atoms with Crippen LogP contribution in [0.3, 0.4) is 0 Å². The van der Waals surface area contributed by atoms with Gasteiger partial charge in [0.15, 0.2) is 0 Å². The van der Waals surface area contributed by atoms with Crippen LogP contribution in [0.1, 0.15) is 12.5 Å². The topological polar surface area (TPSA) is 37.4 Å². The number of halogens is 1. The van der Waals surface area contributed by atoms with E-state index in [4.69, 9.17) is 11.6 Å². The first-order valence-electron chi connectivity index (χ1n) is 6.22. The Morgan fingerprint density at radius 2 is 1.90 bits per heavy atom. The summed E-state index contributed by atoms with van der Waals surface area (Å²) in [6, 6.07) is 6.79. The number of alkyl halides is 1. The third-order valence-electron chi connectivity index (χ3n) is 2.65. The summed E-state index contributed by atoms with van der Waals surface area (Å²) >= 11 is 5.48. The van der Waals surface area contributed by atoms with Crippen molar-refractivity contribution in [2.75, 3.05) is 19.0 Å². The van der Waals surface area contributed by atoms with E-state index in [-0.39, 0.29) is 17.3 Å². The van der Waals surface area contributed by atoms with E-state index in [0.717, 1.165) is 5.56 Å². The lowest BCUT2D eigenvalue weighted by molar-refractivity contribution is 0.478. The second-order valence-corrected chi connectivity index (χ2v) is 6.37. The van der Waals surface area contributed by atoms with Gasteiger partial charge in [-0.1, -0.05) is 41.7 Å². The third kappa shape index (κ3) is 4.68. The summed E-state index contributed by atoms with van der Waals surface area (Å²) in [6.45, 7) is 4.19. The van der Waals surface area contributed by atoms with Gasteiger partial charge in [-0.15, -0.1) is 11.6 Å². The number of rotatable bonds is 5. The highest BCUT2D eigenvalue weighted by Gasteiger charge is 2.22. The third-order valence-corrected chi connectivity index (χ3v) is 4.61. The summed E-state index contributed by atoms with van der Waals surface area (Å²) in [7, 11) is -3.53. The van der Waals surface area contributed by atoms with E-state index < -0.39 is 10.0 Å². The van der Waals surface area contributed by atoms with E-state index in [1.165, 1.54) is 4.31 Å². The molecule has 5 heteroatoms. The Morgan fingerprint density at radius 1 is 1.25 bits per heavy atom. The molecule has 20 heavy (non-hydrogen) atoms. The molecular weight excluding hydrogens is 294 g/mol. The molecule has 0 aliphatic heterocycles. The predicted molar refractivity (Wildman–Crippen MR) is 83.2 cm³/mol. The molecule has 1 rings (SSSR count). The fraction of sp³-hybridized carbons (Fsp3) is 0.333. The summed E-state index contributed by atoms with van der Waals surface area (Å²) in [5, 5.41) is 0. The molecule has 0 fully saturated rings. The van der Waals surface area contributed by atoms with Crippen LogP contribution in [0.4, 0.5) is 0 Å². The van der Waals surface area contributed by atoms with Crippen LogP contribution in [0, 0.1) is 18.8 Å². The van der Waals surface area contributed by atoms with Crippen LogP contribution in [0.2, 0.25) is 0 Å². The number of hydrogen-bond donors (Lipinski definition) is 0. The van der Waals surface area contributed by atoms with Crippen molar-refractivity contribution in [2.24, 2.45) is 0 Å². The Hall–Kier alpha value is -1.28. The van der Waals surface area contributed by atoms with E-state index in [9.17, 15) is 8.42 Å². The molecule has 0 unspecified atom stereocenters. The van der Waals surface area contributed by atoms with Crippen molar-refractivity contribution in [3.05, 3.63) is 42.0 Å². The molecule has 0 aliphatic rings. The number of aryl methyl sites for hydroxylation is 1. The average Bonchev–Trinajstić information content (AvgIpc) is 2.43. The molecule has 0 aromatic heterocycles. The lowest BCUT2D eigenvalue weighted by atomic mass is 10.2. The molecule has 0 spiro atoms. The van der Waals surface area contributed by atoms with Crippen LogP contribution in [-0.2, 0) is 10.0 Å². The standard InChI is InChI=1S/C15H18ClNO2S/c1-3-4-12-17(13-6-5-11-16)20(18,19)15-9-7-14(2)8-10-15/h3-4,7-10H,11-13H2,1-2H3/b4-3+. The Kier molecular flexibility index (Phi) is 6.80. The van der Waals surface area contributed by atoms with Crippen molar-refractivity contribution in [3.63, 3.8) is 0 Å². The van der Waals surface area contributed by atoms with Gasteiger partial charge in [-0.25, -0.2) is 8.42 Å². The van der Waals surface area contributed by atoms with E-state index in [1.807, 2.05) is 19.9 Å². The van der Waals surface area contributed by atoms with Gasteiger partial charge in [0.05, 0.1) is 17.3 Å². The number of benzene rings is 1. The maximum Gasteiger partial charge on any atom is 0.244 e. The zero-order chi connectivity index (χ0) is 15.0. The molecule has 0 saturated carbocycles. The van der Waals surface area contributed by atoms with Crippen LogP contribution in [0.25, 0.3) is 0 Å². The van der Waals surface area contributed by atoms with Gasteiger partial charge >= 0.3 is 0 Å². The molecule has 0 saturated heterocycles. The van der Waals surface area contributed by atoms with E-state index in [2.05, 4.69) is 11.8 Å². The van der Waals surface area contributed by atoms with Gasteiger partial charge in [-0.3, -0.25) is 0 Å². The van der Waals surface area contributed by atoms with Gasteiger partial charge in [0, 0.05) is 6.54 Å². The minimum atomic E-state index is -3.53.